The fraction of sp³-hybridized carbons (Fsp3) is 0.200. The van der Waals surface area contributed by atoms with E-state index in [9.17, 15) is 9.82 Å². The van der Waals surface area contributed by atoms with Crippen molar-refractivity contribution in [3.8, 4) is 0 Å². The molecule has 1 aliphatic heterocycles. The second-order valence-electron chi connectivity index (χ2n) is 6.61. The van der Waals surface area contributed by atoms with Crippen molar-refractivity contribution >= 4 is 29.1 Å². The lowest BCUT2D eigenvalue weighted by Crippen LogP contribution is -2.30. The van der Waals surface area contributed by atoms with Crippen molar-refractivity contribution < 1.29 is 14.5 Å². The van der Waals surface area contributed by atoms with Crippen LogP contribution in [-0.4, -0.2) is 29.5 Å². The van der Waals surface area contributed by atoms with Gasteiger partial charge < -0.3 is 15.4 Å². The SMILES string of the molecule is NC[C@@H](C(=O)Cc1ccc2cnccc2c1)c1ccc2c(c1)B(O)OC2. The van der Waals surface area contributed by atoms with E-state index in [4.69, 9.17) is 10.4 Å². The number of benzene rings is 2. The fourth-order valence-corrected chi connectivity index (χ4v) is 3.47. The van der Waals surface area contributed by atoms with Gasteiger partial charge in [-0.3, -0.25) is 9.78 Å². The van der Waals surface area contributed by atoms with Crippen LogP contribution in [0, 0.1) is 0 Å². The van der Waals surface area contributed by atoms with Crippen LogP contribution in [0.25, 0.3) is 10.8 Å². The Labute approximate surface area is 152 Å². The molecule has 0 amide bonds. The molecule has 3 N–H and O–H groups in total. The monoisotopic (exact) mass is 346 g/mol. The molecule has 2 aromatic carbocycles. The first-order chi connectivity index (χ1) is 12.7. The number of ketones is 1. The molecule has 1 aliphatic rings. The summed E-state index contributed by atoms with van der Waals surface area (Å²) in [5.41, 5.74) is 9.37. The topological polar surface area (TPSA) is 85.4 Å². The number of carbonyl (C=O) groups is 1. The van der Waals surface area contributed by atoms with Crippen LogP contribution in [0.1, 0.15) is 22.6 Å². The van der Waals surface area contributed by atoms with E-state index in [0.29, 0.717) is 13.0 Å². The molecule has 26 heavy (non-hydrogen) atoms. The molecule has 0 radical (unpaired) electrons. The van der Waals surface area contributed by atoms with E-state index in [2.05, 4.69) is 4.98 Å². The highest BCUT2D eigenvalue weighted by Crippen LogP contribution is 2.22. The van der Waals surface area contributed by atoms with Crippen LogP contribution < -0.4 is 11.2 Å². The van der Waals surface area contributed by atoms with Crippen molar-refractivity contribution in [2.45, 2.75) is 18.9 Å². The molecule has 0 saturated heterocycles. The van der Waals surface area contributed by atoms with Crippen LogP contribution in [0.5, 0.6) is 0 Å². The fourth-order valence-electron chi connectivity index (χ4n) is 3.47. The lowest BCUT2D eigenvalue weighted by Gasteiger charge is -2.16. The third kappa shape index (κ3) is 3.14. The maximum Gasteiger partial charge on any atom is 0.491 e. The van der Waals surface area contributed by atoms with E-state index < -0.39 is 13.0 Å². The van der Waals surface area contributed by atoms with Crippen molar-refractivity contribution in [1.29, 1.82) is 0 Å². The summed E-state index contributed by atoms with van der Waals surface area (Å²) in [6.07, 6.45) is 3.87. The van der Waals surface area contributed by atoms with Crippen molar-refractivity contribution in [1.82, 2.24) is 4.98 Å². The molecule has 0 bridgehead atoms. The minimum Gasteiger partial charge on any atom is -0.423 e. The van der Waals surface area contributed by atoms with Gasteiger partial charge in [0.2, 0.25) is 0 Å². The zero-order valence-electron chi connectivity index (χ0n) is 14.3. The zero-order chi connectivity index (χ0) is 18.1. The van der Waals surface area contributed by atoms with Gasteiger partial charge in [-0.15, -0.1) is 0 Å². The lowest BCUT2D eigenvalue weighted by atomic mass is 9.77. The van der Waals surface area contributed by atoms with Crippen molar-refractivity contribution in [3.05, 3.63) is 71.5 Å². The Bertz CT molecular complexity index is 976. The molecule has 1 aromatic heterocycles. The molecule has 2 heterocycles. The molecule has 5 nitrogen and oxygen atoms in total. The Kier molecular flexibility index (Phi) is 4.55. The zero-order valence-corrected chi connectivity index (χ0v) is 14.3. The van der Waals surface area contributed by atoms with Crippen LogP contribution in [0.2, 0.25) is 0 Å². The number of hydrogen-bond donors (Lipinski definition) is 2. The predicted molar refractivity (Wildman–Crippen MR) is 101 cm³/mol. The van der Waals surface area contributed by atoms with Gasteiger partial charge in [0.25, 0.3) is 0 Å². The molecule has 3 aromatic rings. The summed E-state index contributed by atoms with van der Waals surface area (Å²) in [6, 6.07) is 13.5. The average molecular weight is 346 g/mol. The van der Waals surface area contributed by atoms with Crippen molar-refractivity contribution in [2.75, 3.05) is 6.54 Å². The quantitative estimate of drug-likeness (QED) is 0.681. The number of fused-ring (bicyclic) bond motifs is 2. The van der Waals surface area contributed by atoms with Gasteiger partial charge in [-0.05, 0) is 33.6 Å². The van der Waals surface area contributed by atoms with Crippen LogP contribution in [0.15, 0.2) is 54.9 Å². The molecule has 0 saturated carbocycles. The van der Waals surface area contributed by atoms with E-state index in [1.54, 1.807) is 6.20 Å². The van der Waals surface area contributed by atoms with Crippen LogP contribution in [0.3, 0.4) is 0 Å². The van der Waals surface area contributed by atoms with Gasteiger partial charge in [0, 0.05) is 30.7 Å². The molecule has 0 aliphatic carbocycles. The third-order valence-electron chi connectivity index (χ3n) is 4.94. The normalized spacial score (nSPS) is 14.5. The van der Waals surface area contributed by atoms with Gasteiger partial charge >= 0.3 is 7.12 Å². The smallest absolute Gasteiger partial charge is 0.423 e. The number of nitrogens with zero attached hydrogens (tertiary/aromatic N) is 1. The first-order valence-corrected chi connectivity index (χ1v) is 8.63. The minimum atomic E-state index is -0.924. The summed E-state index contributed by atoms with van der Waals surface area (Å²) in [5.74, 6) is -0.338. The molecule has 6 heteroatoms. The summed E-state index contributed by atoms with van der Waals surface area (Å²) < 4.78 is 5.22. The van der Waals surface area contributed by atoms with Gasteiger partial charge in [-0.2, -0.15) is 0 Å². The predicted octanol–water partition coefficient (Wildman–Crippen LogP) is 1.31. The highest BCUT2D eigenvalue weighted by molar-refractivity contribution is 6.61. The highest BCUT2D eigenvalue weighted by atomic mass is 16.5. The average Bonchev–Trinajstić information content (AvgIpc) is 3.03. The summed E-state index contributed by atoms with van der Waals surface area (Å²) in [5, 5.41) is 12.0. The Morgan fingerprint density at radius 3 is 2.96 bits per heavy atom. The molecule has 0 spiro atoms. The van der Waals surface area contributed by atoms with Crippen LogP contribution in [-0.2, 0) is 22.5 Å². The van der Waals surface area contributed by atoms with Crippen LogP contribution >= 0.6 is 0 Å². The van der Waals surface area contributed by atoms with Gasteiger partial charge in [-0.1, -0.05) is 36.4 Å². The summed E-state index contributed by atoms with van der Waals surface area (Å²) >= 11 is 0. The Morgan fingerprint density at radius 1 is 1.23 bits per heavy atom. The largest absolute Gasteiger partial charge is 0.491 e. The molecular weight excluding hydrogens is 327 g/mol. The van der Waals surface area contributed by atoms with Gasteiger partial charge in [0.1, 0.15) is 5.78 Å². The second-order valence-corrected chi connectivity index (χ2v) is 6.61. The number of Topliss-reactive ketones (excluding diaryl/α,β-unsaturated/α-hetero) is 1. The van der Waals surface area contributed by atoms with Crippen LogP contribution in [0.4, 0.5) is 0 Å². The van der Waals surface area contributed by atoms with Crippen molar-refractivity contribution in [3.63, 3.8) is 0 Å². The number of nitrogens with two attached hydrogens (primary N) is 1. The standard InChI is InChI=1S/C20H19BN2O3/c22-10-18(15-3-4-17-12-26-21(25)19(17)9-15)20(24)8-13-1-2-16-11-23-6-5-14(16)7-13/h1-7,9,11,18,25H,8,10,12,22H2/t18-/m1/s1. The number of aromatic nitrogens is 1. The first kappa shape index (κ1) is 16.9. The second kappa shape index (κ2) is 7.00. The maximum absolute atomic E-state index is 12.9. The number of carbonyl (C=O) groups excluding carboxylic acids is 1. The summed E-state index contributed by atoms with van der Waals surface area (Å²) in [6.45, 7) is 0.621. The molecule has 1 atom stereocenters. The van der Waals surface area contributed by atoms with E-state index >= 15 is 0 Å². The summed E-state index contributed by atoms with van der Waals surface area (Å²) in [4.78, 5) is 17.0. The molecular formula is C20H19BN2O3. The summed E-state index contributed by atoms with van der Waals surface area (Å²) in [7, 11) is -0.924. The van der Waals surface area contributed by atoms with E-state index in [0.717, 1.165) is 32.9 Å². The minimum absolute atomic E-state index is 0.0641. The number of rotatable bonds is 5. The van der Waals surface area contributed by atoms with Crippen molar-refractivity contribution in [2.24, 2.45) is 5.73 Å². The van der Waals surface area contributed by atoms with Gasteiger partial charge in [-0.25, -0.2) is 0 Å². The molecule has 0 fully saturated rings. The van der Waals surface area contributed by atoms with Gasteiger partial charge in [0.05, 0.1) is 12.5 Å². The van der Waals surface area contributed by atoms with E-state index in [-0.39, 0.29) is 12.3 Å². The van der Waals surface area contributed by atoms with E-state index in [1.165, 1.54) is 0 Å². The third-order valence-corrected chi connectivity index (χ3v) is 4.94. The lowest BCUT2D eigenvalue weighted by molar-refractivity contribution is -0.119. The number of hydrogen-bond acceptors (Lipinski definition) is 5. The molecule has 4 rings (SSSR count). The Morgan fingerprint density at radius 2 is 2.12 bits per heavy atom. The van der Waals surface area contributed by atoms with E-state index in [1.807, 2.05) is 48.7 Å². The number of pyridine rings is 1. The van der Waals surface area contributed by atoms with Gasteiger partial charge in [0.15, 0.2) is 0 Å². The maximum atomic E-state index is 12.9. The Hall–Kier alpha value is -2.54. The highest BCUT2D eigenvalue weighted by Gasteiger charge is 2.29. The molecule has 0 unspecified atom stereocenters. The Balaban J connectivity index is 1.58. The molecule has 130 valence electrons. The first-order valence-electron chi connectivity index (χ1n) is 8.63.